The second kappa shape index (κ2) is 6.31. The summed E-state index contributed by atoms with van der Waals surface area (Å²) < 4.78 is 0. The van der Waals surface area contributed by atoms with Gasteiger partial charge >= 0.3 is 0 Å². The minimum Gasteiger partial charge on any atom is -0.335 e. The maximum atomic E-state index is 12.3. The zero-order valence-electron chi connectivity index (χ0n) is 13.9. The van der Waals surface area contributed by atoms with E-state index in [1.165, 1.54) is 0 Å². The smallest absolute Gasteiger partial charge is 0.256 e. The molecule has 0 unspecified atom stereocenters. The van der Waals surface area contributed by atoms with Crippen molar-refractivity contribution in [2.24, 2.45) is 5.92 Å². The molecule has 3 rings (SSSR count). The lowest BCUT2D eigenvalue weighted by Gasteiger charge is -2.35. The summed E-state index contributed by atoms with van der Waals surface area (Å²) in [6, 6.07) is 11.0. The molecule has 1 atom stereocenters. The Hall–Kier alpha value is -2.89. The number of fused-ring (bicyclic) bond motifs is 1. The predicted molar refractivity (Wildman–Crippen MR) is 92.8 cm³/mol. The number of amides is 2. The highest BCUT2D eigenvalue weighted by atomic mass is 16.2. The highest BCUT2D eigenvalue weighted by Crippen LogP contribution is 2.30. The van der Waals surface area contributed by atoms with Crippen molar-refractivity contribution in [2.45, 2.75) is 20.0 Å². The highest BCUT2D eigenvalue weighted by molar-refractivity contribution is 6.01. The van der Waals surface area contributed by atoms with Crippen LogP contribution in [0, 0.1) is 5.92 Å². The molecule has 6 nitrogen and oxygen atoms in total. The molecular formula is C18H20N4O2. The van der Waals surface area contributed by atoms with Crippen LogP contribution in [0.25, 0.3) is 0 Å². The molecule has 1 aromatic carbocycles. The van der Waals surface area contributed by atoms with Gasteiger partial charge in [0.05, 0.1) is 5.56 Å². The second-order valence-electron chi connectivity index (χ2n) is 6.13. The van der Waals surface area contributed by atoms with E-state index in [4.69, 9.17) is 0 Å². The fourth-order valence-corrected chi connectivity index (χ4v) is 2.62. The van der Waals surface area contributed by atoms with E-state index < -0.39 is 0 Å². The number of anilines is 2. The Morgan fingerprint density at radius 3 is 2.62 bits per heavy atom. The molecule has 124 valence electrons. The van der Waals surface area contributed by atoms with Gasteiger partial charge < -0.3 is 15.5 Å². The Labute approximate surface area is 140 Å². The van der Waals surface area contributed by atoms with Crippen LogP contribution in [0.1, 0.15) is 35.9 Å². The van der Waals surface area contributed by atoms with E-state index in [9.17, 15) is 9.59 Å². The largest absolute Gasteiger partial charge is 0.335 e. The summed E-state index contributed by atoms with van der Waals surface area (Å²) in [5.74, 6) is 0.418. The third kappa shape index (κ3) is 2.95. The highest BCUT2D eigenvalue weighted by Gasteiger charge is 2.30. The van der Waals surface area contributed by atoms with E-state index in [0.717, 1.165) is 11.3 Å². The first-order chi connectivity index (χ1) is 11.5. The van der Waals surface area contributed by atoms with Gasteiger partial charge in [-0.05, 0) is 29.8 Å². The van der Waals surface area contributed by atoms with Crippen molar-refractivity contribution in [3.05, 3.63) is 53.7 Å². The molecule has 2 heterocycles. The second-order valence-corrected chi connectivity index (χ2v) is 6.13. The number of benzene rings is 1. The van der Waals surface area contributed by atoms with Crippen LogP contribution in [0.4, 0.5) is 11.5 Å². The van der Waals surface area contributed by atoms with Crippen molar-refractivity contribution in [2.75, 3.05) is 17.3 Å². The summed E-state index contributed by atoms with van der Waals surface area (Å²) in [5.41, 5.74) is 2.22. The third-order valence-corrected chi connectivity index (χ3v) is 4.04. The van der Waals surface area contributed by atoms with Gasteiger partial charge in [-0.2, -0.15) is 0 Å². The van der Waals surface area contributed by atoms with E-state index in [1.807, 2.05) is 50.1 Å². The van der Waals surface area contributed by atoms with Crippen LogP contribution >= 0.6 is 0 Å². The monoisotopic (exact) mass is 324 g/mol. The number of carbonyl (C=O) groups excluding carboxylic acids is 2. The minimum absolute atomic E-state index is 0.0241. The molecule has 2 amide bonds. The first-order valence-electron chi connectivity index (χ1n) is 7.87. The topological polar surface area (TPSA) is 74.3 Å². The van der Waals surface area contributed by atoms with E-state index in [0.29, 0.717) is 11.4 Å². The van der Waals surface area contributed by atoms with Gasteiger partial charge in [-0.25, -0.2) is 4.98 Å². The Morgan fingerprint density at radius 2 is 1.96 bits per heavy atom. The number of carbonyl (C=O) groups is 2. The normalized spacial score (nSPS) is 16.6. The zero-order valence-corrected chi connectivity index (χ0v) is 13.9. The SMILES string of the molecule is CC(C)C(=O)Nc1ccc([C@H]2NC(=O)c3cccnc3N2C)cc1. The minimum atomic E-state index is -0.297. The first-order valence-corrected chi connectivity index (χ1v) is 7.87. The molecule has 0 saturated carbocycles. The number of nitrogens with zero attached hydrogens (tertiary/aromatic N) is 2. The number of hydrogen-bond acceptors (Lipinski definition) is 4. The third-order valence-electron chi connectivity index (χ3n) is 4.04. The molecule has 0 spiro atoms. The molecule has 0 aliphatic carbocycles. The molecule has 1 aliphatic heterocycles. The van der Waals surface area contributed by atoms with Crippen molar-refractivity contribution < 1.29 is 9.59 Å². The van der Waals surface area contributed by atoms with Crippen molar-refractivity contribution in [1.29, 1.82) is 0 Å². The average molecular weight is 324 g/mol. The van der Waals surface area contributed by atoms with Crippen molar-refractivity contribution in [3.63, 3.8) is 0 Å². The Kier molecular flexibility index (Phi) is 4.20. The van der Waals surface area contributed by atoms with Gasteiger partial charge in [0.2, 0.25) is 5.91 Å². The van der Waals surface area contributed by atoms with Crippen molar-refractivity contribution in [3.8, 4) is 0 Å². The van der Waals surface area contributed by atoms with Gasteiger partial charge in [0.15, 0.2) is 0 Å². The average Bonchev–Trinajstić information content (AvgIpc) is 2.59. The number of nitrogens with one attached hydrogen (secondary N) is 2. The standard InChI is InChI=1S/C18H20N4O2/c1-11(2)17(23)20-13-8-6-12(7-9-13)15-21-18(24)14-5-4-10-19-16(14)22(15)3/h4-11,15H,1-3H3,(H,20,23)(H,21,24)/t15-/m0/s1. The Morgan fingerprint density at radius 1 is 1.25 bits per heavy atom. The molecular weight excluding hydrogens is 304 g/mol. The molecule has 1 aliphatic rings. The molecule has 0 saturated heterocycles. The van der Waals surface area contributed by atoms with Crippen LogP contribution in [0.2, 0.25) is 0 Å². The van der Waals surface area contributed by atoms with Crippen LogP contribution in [-0.2, 0) is 4.79 Å². The summed E-state index contributed by atoms with van der Waals surface area (Å²) in [6.07, 6.45) is 1.38. The molecule has 0 fully saturated rings. The first kappa shape index (κ1) is 16.0. The van der Waals surface area contributed by atoms with E-state index >= 15 is 0 Å². The summed E-state index contributed by atoms with van der Waals surface area (Å²) in [5, 5.41) is 5.83. The lowest BCUT2D eigenvalue weighted by atomic mass is 10.1. The quantitative estimate of drug-likeness (QED) is 0.910. The molecule has 6 heteroatoms. The van der Waals surface area contributed by atoms with Crippen LogP contribution < -0.4 is 15.5 Å². The summed E-state index contributed by atoms with van der Waals surface area (Å²) >= 11 is 0. The van der Waals surface area contributed by atoms with Gasteiger partial charge in [-0.15, -0.1) is 0 Å². The molecule has 1 aromatic heterocycles. The number of pyridine rings is 1. The summed E-state index contributed by atoms with van der Waals surface area (Å²) in [6.45, 7) is 3.70. The maximum Gasteiger partial charge on any atom is 0.256 e. The van der Waals surface area contributed by atoms with Crippen molar-refractivity contribution in [1.82, 2.24) is 10.3 Å². The van der Waals surface area contributed by atoms with E-state index in [2.05, 4.69) is 15.6 Å². The number of rotatable bonds is 3. The van der Waals surface area contributed by atoms with Gasteiger partial charge in [0.25, 0.3) is 5.91 Å². The van der Waals surface area contributed by atoms with Gasteiger partial charge in [0.1, 0.15) is 12.0 Å². The van der Waals surface area contributed by atoms with Crippen LogP contribution in [0.5, 0.6) is 0 Å². The Bertz CT molecular complexity index is 771. The predicted octanol–water partition coefficient (Wildman–Crippen LogP) is 2.55. The zero-order chi connectivity index (χ0) is 17.3. The molecule has 2 aromatic rings. The van der Waals surface area contributed by atoms with Crippen LogP contribution in [-0.4, -0.2) is 23.8 Å². The fourth-order valence-electron chi connectivity index (χ4n) is 2.62. The lowest BCUT2D eigenvalue weighted by molar-refractivity contribution is -0.118. The molecule has 2 N–H and O–H groups in total. The number of hydrogen-bond donors (Lipinski definition) is 2. The van der Waals surface area contributed by atoms with Crippen molar-refractivity contribution >= 4 is 23.3 Å². The van der Waals surface area contributed by atoms with E-state index in [1.54, 1.807) is 18.3 Å². The maximum absolute atomic E-state index is 12.3. The van der Waals surface area contributed by atoms with E-state index in [-0.39, 0.29) is 23.9 Å². The van der Waals surface area contributed by atoms with Crippen LogP contribution in [0.3, 0.4) is 0 Å². The number of aromatic nitrogens is 1. The Balaban J connectivity index is 1.83. The van der Waals surface area contributed by atoms with Crippen LogP contribution in [0.15, 0.2) is 42.6 Å². The molecule has 0 radical (unpaired) electrons. The fraction of sp³-hybridized carbons (Fsp3) is 0.278. The molecule has 0 bridgehead atoms. The van der Waals surface area contributed by atoms with Gasteiger partial charge in [-0.3, -0.25) is 9.59 Å². The molecule has 24 heavy (non-hydrogen) atoms. The van der Waals surface area contributed by atoms with Gasteiger partial charge in [-0.1, -0.05) is 26.0 Å². The summed E-state index contributed by atoms with van der Waals surface area (Å²) in [7, 11) is 1.89. The van der Waals surface area contributed by atoms with Gasteiger partial charge in [0, 0.05) is 24.8 Å². The lowest BCUT2D eigenvalue weighted by Crippen LogP contribution is -2.45. The summed E-state index contributed by atoms with van der Waals surface area (Å²) in [4.78, 5) is 30.3.